The predicted octanol–water partition coefficient (Wildman–Crippen LogP) is 1.03. The van der Waals surface area contributed by atoms with Crippen molar-refractivity contribution in [2.75, 3.05) is 20.3 Å². The normalized spacial score (nSPS) is 26.0. The summed E-state index contributed by atoms with van der Waals surface area (Å²) >= 11 is 0. The van der Waals surface area contributed by atoms with Gasteiger partial charge in [0.05, 0.1) is 18.8 Å². The second-order valence-corrected chi connectivity index (χ2v) is 4.66. The molecule has 4 nitrogen and oxygen atoms in total. The molecule has 1 amide bonds. The summed E-state index contributed by atoms with van der Waals surface area (Å²) in [5.74, 6) is 0.596. The second kappa shape index (κ2) is 6.21. The first-order valence-electron chi connectivity index (χ1n) is 6.06. The lowest BCUT2D eigenvalue weighted by molar-refractivity contribution is -0.135. The van der Waals surface area contributed by atoms with Crippen LogP contribution >= 0.6 is 0 Å². The van der Waals surface area contributed by atoms with Gasteiger partial charge in [0.2, 0.25) is 5.91 Å². The van der Waals surface area contributed by atoms with E-state index in [4.69, 9.17) is 9.84 Å². The fourth-order valence-corrected chi connectivity index (χ4v) is 1.97. The van der Waals surface area contributed by atoms with E-state index < -0.39 is 0 Å². The zero-order chi connectivity index (χ0) is 12.1. The number of amides is 1. The average molecular weight is 229 g/mol. The van der Waals surface area contributed by atoms with Crippen LogP contribution in [0.3, 0.4) is 0 Å². The maximum absolute atomic E-state index is 11.8. The zero-order valence-electron chi connectivity index (χ0n) is 10.5. The number of hydrogen-bond donors (Lipinski definition) is 1. The lowest BCUT2D eigenvalue weighted by atomic mass is 9.79. The minimum Gasteiger partial charge on any atom is -0.394 e. The van der Waals surface area contributed by atoms with E-state index in [0.29, 0.717) is 18.4 Å². The van der Waals surface area contributed by atoms with Crippen molar-refractivity contribution < 1.29 is 14.6 Å². The van der Waals surface area contributed by atoms with Crippen LogP contribution in [-0.2, 0) is 9.53 Å². The summed E-state index contributed by atoms with van der Waals surface area (Å²) in [6, 6.07) is -0.0877. The van der Waals surface area contributed by atoms with Crippen molar-refractivity contribution in [1.82, 2.24) is 4.90 Å². The van der Waals surface area contributed by atoms with Crippen LogP contribution in [0, 0.1) is 5.92 Å². The summed E-state index contributed by atoms with van der Waals surface area (Å²) in [7, 11) is 1.75. The first-order chi connectivity index (χ1) is 7.58. The Bertz CT molecular complexity index is 226. The van der Waals surface area contributed by atoms with E-state index in [1.54, 1.807) is 11.9 Å². The van der Waals surface area contributed by atoms with Gasteiger partial charge in [-0.3, -0.25) is 4.79 Å². The highest BCUT2D eigenvalue weighted by Crippen LogP contribution is 2.33. The van der Waals surface area contributed by atoms with Crippen molar-refractivity contribution in [3.05, 3.63) is 0 Å². The second-order valence-electron chi connectivity index (χ2n) is 4.66. The maximum Gasteiger partial charge on any atom is 0.222 e. The predicted molar refractivity (Wildman–Crippen MR) is 62.1 cm³/mol. The Labute approximate surface area is 97.6 Å². The molecule has 0 heterocycles. The molecule has 0 aromatic rings. The molecule has 0 aliphatic heterocycles. The van der Waals surface area contributed by atoms with Crippen LogP contribution in [-0.4, -0.2) is 48.3 Å². The molecule has 1 aliphatic carbocycles. The Morgan fingerprint density at radius 3 is 2.69 bits per heavy atom. The molecule has 0 saturated heterocycles. The van der Waals surface area contributed by atoms with Gasteiger partial charge >= 0.3 is 0 Å². The largest absolute Gasteiger partial charge is 0.394 e. The Morgan fingerprint density at radius 2 is 2.19 bits per heavy atom. The number of nitrogens with zero attached hydrogens (tertiary/aromatic N) is 1. The molecule has 1 N–H and O–H groups in total. The van der Waals surface area contributed by atoms with Gasteiger partial charge < -0.3 is 14.7 Å². The molecule has 0 aromatic carbocycles. The molecule has 0 aromatic heterocycles. The van der Waals surface area contributed by atoms with Crippen molar-refractivity contribution >= 4 is 5.91 Å². The molecule has 94 valence electrons. The molecule has 4 heteroatoms. The van der Waals surface area contributed by atoms with E-state index >= 15 is 0 Å². The van der Waals surface area contributed by atoms with Gasteiger partial charge in [-0.25, -0.2) is 0 Å². The first kappa shape index (κ1) is 13.5. The summed E-state index contributed by atoms with van der Waals surface area (Å²) in [5.41, 5.74) is 0. The van der Waals surface area contributed by atoms with Gasteiger partial charge in [0.1, 0.15) is 0 Å². The quantitative estimate of drug-likeness (QED) is 0.740. The molecule has 16 heavy (non-hydrogen) atoms. The number of likely N-dealkylation sites (N-methyl/N-ethyl adjacent to an activating group) is 1. The lowest BCUT2D eigenvalue weighted by Crippen LogP contribution is -2.41. The van der Waals surface area contributed by atoms with Crippen molar-refractivity contribution in [1.29, 1.82) is 0 Å². The molecule has 1 unspecified atom stereocenters. The molecule has 0 bridgehead atoms. The number of aliphatic hydroxyl groups is 1. The van der Waals surface area contributed by atoms with Crippen LogP contribution in [0.15, 0.2) is 0 Å². The van der Waals surface area contributed by atoms with Gasteiger partial charge in [-0.15, -0.1) is 0 Å². The third-order valence-corrected chi connectivity index (χ3v) is 3.38. The molecule has 0 radical (unpaired) electrons. The Morgan fingerprint density at radius 1 is 1.56 bits per heavy atom. The molecule has 1 saturated carbocycles. The van der Waals surface area contributed by atoms with E-state index in [9.17, 15) is 4.79 Å². The van der Waals surface area contributed by atoms with Crippen LogP contribution in [0.2, 0.25) is 0 Å². The zero-order valence-corrected chi connectivity index (χ0v) is 10.5. The monoisotopic (exact) mass is 229 g/mol. The fraction of sp³-hybridized carbons (Fsp3) is 0.917. The van der Waals surface area contributed by atoms with E-state index in [-0.39, 0.29) is 18.6 Å². The third-order valence-electron chi connectivity index (χ3n) is 3.38. The van der Waals surface area contributed by atoms with Crippen molar-refractivity contribution in [3.63, 3.8) is 0 Å². The summed E-state index contributed by atoms with van der Waals surface area (Å²) in [4.78, 5) is 13.4. The maximum atomic E-state index is 11.8. The highest BCUT2D eigenvalue weighted by atomic mass is 16.5. The van der Waals surface area contributed by atoms with Gasteiger partial charge in [0, 0.05) is 20.1 Å². The number of hydrogen-bond acceptors (Lipinski definition) is 3. The summed E-state index contributed by atoms with van der Waals surface area (Å²) in [6.45, 7) is 4.62. The molecular weight excluding hydrogens is 206 g/mol. The number of carbonyl (C=O) groups excluding carboxylic acids is 1. The Balaban J connectivity index is 2.21. The summed E-state index contributed by atoms with van der Waals surface area (Å²) in [5, 5.41) is 8.96. The van der Waals surface area contributed by atoms with Crippen LogP contribution < -0.4 is 0 Å². The third kappa shape index (κ3) is 3.46. The summed E-state index contributed by atoms with van der Waals surface area (Å²) < 4.78 is 5.45. The van der Waals surface area contributed by atoms with E-state index in [1.807, 2.05) is 13.8 Å². The van der Waals surface area contributed by atoms with Gasteiger partial charge in [-0.2, -0.15) is 0 Å². The minimum atomic E-state index is -0.0877. The minimum absolute atomic E-state index is 0.0223. The molecule has 1 atom stereocenters. The topological polar surface area (TPSA) is 49.8 Å². The van der Waals surface area contributed by atoms with Crippen molar-refractivity contribution in [2.45, 2.75) is 45.3 Å². The highest BCUT2D eigenvalue weighted by molar-refractivity contribution is 5.76. The number of ether oxygens (including phenoxy) is 1. The molecule has 1 fully saturated rings. The van der Waals surface area contributed by atoms with E-state index in [0.717, 1.165) is 19.4 Å². The molecule has 0 spiro atoms. The van der Waals surface area contributed by atoms with Gasteiger partial charge in [0.25, 0.3) is 0 Å². The van der Waals surface area contributed by atoms with Crippen LogP contribution in [0.25, 0.3) is 0 Å². The van der Waals surface area contributed by atoms with E-state index in [1.165, 1.54) is 0 Å². The van der Waals surface area contributed by atoms with Gasteiger partial charge in [-0.1, -0.05) is 0 Å². The molecule has 1 aliphatic rings. The highest BCUT2D eigenvalue weighted by Gasteiger charge is 2.32. The fourth-order valence-electron chi connectivity index (χ4n) is 1.97. The van der Waals surface area contributed by atoms with Gasteiger partial charge in [-0.05, 0) is 32.6 Å². The van der Waals surface area contributed by atoms with Crippen LogP contribution in [0.4, 0.5) is 0 Å². The Kier molecular flexibility index (Phi) is 5.22. The molecular formula is C12H23NO3. The average Bonchev–Trinajstić information content (AvgIpc) is 2.23. The SMILES string of the molecule is CCOC1CC(CC(=O)N(C)C(C)CO)C1. The smallest absolute Gasteiger partial charge is 0.222 e. The van der Waals surface area contributed by atoms with Crippen LogP contribution in [0.1, 0.15) is 33.1 Å². The molecule has 1 rings (SSSR count). The van der Waals surface area contributed by atoms with E-state index in [2.05, 4.69) is 0 Å². The number of aliphatic hydroxyl groups excluding tert-OH is 1. The van der Waals surface area contributed by atoms with Gasteiger partial charge in [0.15, 0.2) is 0 Å². The summed E-state index contributed by atoms with van der Waals surface area (Å²) in [6.07, 6.45) is 2.95. The lowest BCUT2D eigenvalue weighted by Gasteiger charge is -2.36. The number of carbonyl (C=O) groups is 1. The van der Waals surface area contributed by atoms with Crippen LogP contribution in [0.5, 0.6) is 0 Å². The standard InChI is InChI=1S/C12H23NO3/c1-4-16-11-5-10(6-11)7-12(15)13(3)9(2)8-14/h9-11,14H,4-8H2,1-3H3. The van der Waals surface area contributed by atoms with Crippen molar-refractivity contribution in [2.24, 2.45) is 5.92 Å². The van der Waals surface area contributed by atoms with Crippen molar-refractivity contribution in [3.8, 4) is 0 Å². The number of rotatable bonds is 6. The first-order valence-corrected chi connectivity index (χ1v) is 6.06. The Hall–Kier alpha value is -0.610.